The summed E-state index contributed by atoms with van der Waals surface area (Å²) in [5.74, 6) is 0. The maximum Gasteiger partial charge on any atom is 0.0460 e. The molecule has 10 heavy (non-hydrogen) atoms. The highest BCUT2D eigenvalue weighted by Crippen LogP contribution is 2.25. The lowest BCUT2D eigenvalue weighted by Crippen LogP contribution is -2.49. The van der Waals surface area contributed by atoms with Gasteiger partial charge in [0.1, 0.15) is 0 Å². The maximum absolute atomic E-state index is 5.60. The molecule has 1 fully saturated rings. The maximum atomic E-state index is 5.60. The Morgan fingerprint density at radius 1 is 1.40 bits per heavy atom. The van der Waals surface area contributed by atoms with E-state index in [2.05, 4.69) is 18.7 Å². The molecule has 1 rings (SSSR count). The monoisotopic (exact) mass is 142 g/mol. The van der Waals surface area contributed by atoms with Crippen molar-refractivity contribution < 1.29 is 0 Å². The quantitative estimate of drug-likeness (QED) is 0.595. The van der Waals surface area contributed by atoms with Crippen LogP contribution in [0.1, 0.15) is 33.1 Å². The Morgan fingerprint density at radius 3 is 2.50 bits per heavy atom. The van der Waals surface area contributed by atoms with Gasteiger partial charge in [0.2, 0.25) is 0 Å². The van der Waals surface area contributed by atoms with E-state index in [1.807, 2.05) is 0 Å². The van der Waals surface area contributed by atoms with E-state index in [4.69, 9.17) is 5.73 Å². The second-order valence-electron chi connectivity index (χ2n) is 3.72. The zero-order chi connectivity index (χ0) is 7.61. The van der Waals surface area contributed by atoms with Crippen molar-refractivity contribution in [3.63, 3.8) is 0 Å². The number of likely N-dealkylation sites (tertiary alicyclic amines) is 1. The van der Waals surface area contributed by atoms with Gasteiger partial charge in [0.05, 0.1) is 0 Å². The summed E-state index contributed by atoms with van der Waals surface area (Å²) in [7, 11) is 0. The van der Waals surface area contributed by atoms with Crippen molar-refractivity contribution in [3.05, 3.63) is 0 Å². The van der Waals surface area contributed by atoms with Gasteiger partial charge in [0, 0.05) is 12.2 Å². The number of piperidine rings is 1. The van der Waals surface area contributed by atoms with Crippen molar-refractivity contribution in [2.24, 2.45) is 5.73 Å². The zero-order valence-electron chi connectivity index (χ0n) is 7.06. The number of nitrogens with two attached hydrogens (primary N) is 1. The van der Waals surface area contributed by atoms with Crippen LogP contribution in [0.5, 0.6) is 0 Å². The molecule has 0 aromatic rings. The minimum Gasteiger partial charge on any atom is -0.318 e. The smallest absolute Gasteiger partial charge is 0.0460 e. The molecule has 1 aliphatic heterocycles. The first-order valence-corrected chi connectivity index (χ1v) is 4.12. The van der Waals surface area contributed by atoms with Crippen LogP contribution in [0.15, 0.2) is 0 Å². The molecule has 2 nitrogen and oxygen atoms in total. The number of nitrogens with zero attached hydrogens (tertiary/aromatic N) is 1. The summed E-state index contributed by atoms with van der Waals surface area (Å²) in [5, 5.41) is 0. The van der Waals surface area contributed by atoms with Crippen molar-refractivity contribution in [1.29, 1.82) is 0 Å². The molecule has 1 saturated heterocycles. The van der Waals surface area contributed by atoms with Gasteiger partial charge in [-0.25, -0.2) is 0 Å². The van der Waals surface area contributed by atoms with Crippen molar-refractivity contribution in [2.75, 3.05) is 13.2 Å². The summed E-state index contributed by atoms with van der Waals surface area (Å²) in [6.45, 7) is 6.45. The summed E-state index contributed by atoms with van der Waals surface area (Å²) in [4.78, 5) is 2.36. The molecular formula is C8H18N2. The van der Waals surface area contributed by atoms with Crippen molar-refractivity contribution in [1.82, 2.24) is 4.90 Å². The molecule has 0 aliphatic carbocycles. The summed E-state index contributed by atoms with van der Waals surface area (Å²) in [6.07, 6.45) is 3.98. The van der Waals surface area contributed by atoms with E-state index < -0.39 is 0 Å². The molecular weight excluding hydrogens is 124 g/mol. The molecule has 0 spiro atoms. The average molecular weight is 142 g/mol. The van der Waals surface area contributed by atoms with Crippen LogP contribution in [0.4, 0.5) is 0 Å². The molecule has 2 heteroatoms. The molecule has 0 atom stereocenters. The molecule has 0 aromatic carbocycles. The molecule has 0 amide bonds. The van der Waals surface area contributed by atoms with Crippen LogP contribution in [0.3, 0.4) is 0 Å². The van der Waals surface area contributed by atoms with Crippen LogP contribution in [0, 0.1) is 0 Å². The minimum atomic E-state index is 0.354. The lowest BCUT2D eigenvalue weighted by molar-refractivity contribution is 0.0802. The molecule has 1 heterocycles. The third-order valence-electron chi connectivity index (χ3n) is 2.54. The molecule has 0 aromatic heterocycles. The van der Waals surface area contributed by atoms with Gasteiger partial charge in [0.15, 0.2) is 0 Å². The normalized spacial score (nSPS) is 26.7. The predicted molar refractivity (Wildman–Crippen MR) is 43.7 cm³/mol. The summed E-state index contributed by atoms with van der Waals surface area (Å²) in [5.41, 5.74) is 5.96. The Balaban J connectivity index is 2.51. The SMILES string of the molecule is CC1(C)CCCCN1CN. The van der Waals surface area contributed by atoms with Gasteiger partial charge in [-0.3, -0.25) is 4.90 Å². The minimum absolute atomic E-state index is 0.354. The predicted octanol–water partition coefficient (Wildman–Crippen LogP) is 1.17. The standard InChI is InChI=1S/C8H18N2/c1-8(2)5-3-4-6-10(8)7-9/h3-7,9H2,1-2H3. The van der Waals surface area contributed by atoms with Crippen molar-refractivity contribution in [2.45, 2.75) is 38.6 Å². The molecule has 2 N–H and O–H groups in total. The van der Waals surface area contributed by atoms with Crippen LogP contribution in [-0.2, 0) is 0 Å². The number of hydrogen-bond acceptors (Lipinski definition) is 2. The summed E-state index contributed by atoms with van der Waals surface area (Å²) < 4.78 is 0. The summed E-state index contributed by atoms with van der Waals surface area (Å²) in [6, 6.07) is 0. The first kappa shape index (κ1) is 8.02. The van der Waals surface area contributed by atoms with Crippen LogP contribution in [0.25, 0.3) is 0 Å². The highest BCUT2D eigenvalue weighted by atomic mass is 15.2. The van der Waals surface area contributed by atoms with Crippen molar-refractivity contribution >= 4 is 0 Å². The topological polar surface area (TPSA) is 29.3 Å². The van der Waals surface area contributed by atoms with Gasteiger partial charge in [-0.15, -0.1) is 0 Å². The van der Waals surface area contributed by atoms with E-state index in [0.717, 1.165) is 0 Å². The fraction of sp³-hybridized carbons (Fsp3) is 1.00. The Labute approximate surface area is 63.4 Å². The van der Waals surface area contributed by atoms with E-state index in [1.54, 1.807) is 0 Å². The fourth-order valence-corrected chi connectivity index (χ4v) is 1.66. The van der Waals surface area contributed by atoms with E-state index in [-0.39, 0.29) is 0 Å². The Bertz CT molecular complexity index is 110. The molecule has 0 radical (unpaired) electrons. The summed E-state index contributed by atoms with van der Waals surface area (Å²) >= 11 is 0. The van der Waals surface area contributed by atoms with Gasteiger partial charge in [-0.05, 0) is 33.2 Å². The Morgan fingerprint density at radius 2 is 2.10 bits per heavy atom. The van der Waals surface area contributed by atoms with Gasteiger partial charge in [-0.1, -0.05) is 6.42 Å². The number of hydrogen-bond donors (Lipinski definition) is 1. The lowest BCUT2D eigenvalue weighted by Gasteiger charge is -2.41. The first-order valence-electron chi connectivity index (χ1n) is 4.12. The number of rotatable bonds is 1. The molecule has 60 valence electrons. The lowest BCUT2D eigenvalue weighted by atomic mass is 9.91. The van der Waals surface area contributed by atoms with Crippen LogP contribution < -0.4 is 5.73 Å². The first-order chi connectivity index (χ1) is 4.67. The van der Waals surface area contributed by atoms with Crippen molar-refractivity contribution in [3.8, 4) is 0 Å². The van der Waals surface area contributed by atoms with Gasteiger partial charge in [-0.2, -0.15) is 0 Å². The molecule has 0 saturated carbocycles. The third kappa shape index (κ3) is 1.50. The van der Waals surface area contributed by atoms with E-state index in [1.165, 1.54) is 25.8 Å². The largest absolute Gasteiger partial charge is 0.318 e. The second-order valence-corrected chi connectivity index (χ2v) is 3.72. The Hall–Kier alpha value is -0.0800. The van der Waals surface area contributed by atoms with E-state index in [9.17, 15) is 0 Å². The average Bonchev–Trinajstić information content (AvgIpc) is 1.87. The molecule has 0 unspecified atom stereocenters. The molecule has 1 aliphatic rings. The van der Waals surface area contributed by atoms with Crippen LogP contribution in [-0.4, -0.2) is 23.7 Å². The Kier molecular flexibility index (Phi) is 2.32. The van der Waals surface area contributed by atoms with Gasteiger partial charge < -0.3 is 5.73 Å². The highest BCUT2D eigenvalue weighted by molar-refractivity contribution is 4.84. The third-order valence-corrected chi connectivity index (χ3v) is 2.54. The van der Waals surface area contributed by atoms with E-state index in [0.29, 0.717) is 12.2 Å². The fourth-order valence-electron chi connectivity index (χ4n) is 1.66. The highest BCUT2D eigenvalue weighted by Gasteiger charge is 2.27. The second kappa shape index (κ2) is 2.89. The van der Waals surface area contributed by atoms with Crippen LogP contribution >= 0.6 is 0 Å². The van der Waals surface area contributed by atoms with Gasteiger partial charge in [0.25, 0.3) is 0 Å². The van der Waals surface area contributed by atoms with Gasteiger partial charge >= 0.3 is 0 Å². The van der Waals surface area contributed by atoms with Crippen LogP contribution in [0.2, 0.25) is 0 Å². The zero-order valence-corrected chi connectivity index (χ0v) is 7.06. The van der Waals surface area contributed by atoms with E-state index >= 15 is 0 Å². The molecule has 0 bridgehead atoms.